The Bertz CT molecular complexity index is 1240. The Hall–Kier alpha value is -2.72. The Morgan fingerprint density at radius 2 is 2.00 bits per heavy atom. The van der Waals surface area contributed by atoms with E-state index in [1.54, 1.807) is 18.7 Å². The molecule has 0 radical (unpaired) electrons. The maximum Gasteiger partial charge on any atom is 0.265 e. The minimum atomic E-state index is 0.000960. The van der Waals surface area contributed by atoms with Crippen LogP contribution in [0.1, 0.15) is 37.9 Å². The van der Waals surface area contributed by atoms with Crippen LogP contribution < -0.4 is 5.32 Å². The molecule has 1 aliphatic heterocycles. The molecule has 6 rings (SSSR count). The summed E-state index contributed by atoms with van der Waals surface area (Å²) in [4.78, 5) is 39.4. The quantitative estimate of drug-likeness (QED) is 0.531. The number of hydrogen-bond acceptors (Lipinski definition) is 6. The van der Waals surface area contributed by atoms with Gasteiger partial charge in [-0.05, 0) is 31.6 Å². The van der Waals surface area contributed by atoms with Gasteiger partial charge in [-0.25, -0.2) is 9.97 Å². The molecule has 4 aromatic heterocycles. The molecule has 1 N–H and O–H groups in total. The number of aromatic nitrogens is 4. The molecular weight excluding hydrogens is 420 g/mol. The van der Waals surface area contributed by atoms with E-state index in [0.29, 0.717) is 11.8 Å². The summed E-state index contributed by atoms with van der Waals surface area (Å²) in [6, 6.07) is 0.175. The fourth-order valence-electron chi connectivity index (χ4n) is 4.93. The molecule has 1 aliphatic carbocycles. The summed E-state index contributed by atoms with van der Waals surface area (Å²) in [5.41, 5.74) is 0.933. The summed E-state index contributed by atoms with van der Waals surface area (Å²) in [5, 5.41) is 3.23. The zero-order valence-corrected chi connectivity index (χ0v) is 17.9. The van der Waals surface area contributed by atoms with Crippen molar-refractivity contribution in [3.05, 3.63) is 46.6 Å². The molecule has 2 aliphatic rings. The number of nitrogens with zero attached hydrogens (tertiary/aromatic N) is 5. The van der Waals surface area contributed by atoms with Crippen LogP contribution in [-0.4, -0.2) is 54.6 Å². The van der Waals surface area contributed by atoms with Crippen LogP contribution in [0.4, 0.5) is 0 Å². The van der Waals surface area contributed by atoms with Gasteiger partial charge in [0.1, 0.15) is 20.9 Å². The number of amides is 2. The van der Waals surface area contributed by atoms with Crippen LogP contribution in [-0.2, 0) is 0 Å². The van der Waals surface area contributed by atoms with Crippen LogP contribution in [0.3, 0.4) is 0 Å². The highest BCUT2D eigenvalue weighted by Crippen LogP contribution is 2.39. The standard InChI is InChI=1S/C20H20N6O2S2/c1-11-17(30-16-6-21-10-26(11)16)18(27)23-14-4-12-7-25(8-13(12)5-14)19(28)15-9-24-3-2-22-20(24)29-15/h2-3,6,9-10,12-14H,4-5,7-8H2,1H3,(H,23,27). The largest absolute Gasteiger partial charge is 0.349 e. The smallest absolute Gasteiger partial charge is 0.265 e. The number of likely N-dealkylation sites (tertiary alicyclic amines) is 1. The van der Waals surface area contributed by atoms with Crippen LogP contribution in [0.15, 0.2) is 31.1 Å². The number of hydrogen-bond donors (Lipinski definition) is 1. The highest BCUT2D eigenvalue weighted by atomic mass is 32.1. The van der Waals surface area contributed by atoms with Gasteiger partial charge in [0.25, 0.3) is 11.8 Å². The predicted octanol–water partition coefficient (Wildman–Crippen LogP) is 2.69. The van der Waals surface area contributed by atoms with Crippen molar-refractivity contribution in [1.29, 1.82) is 0 Å². The first-order valence-electron chi connectivity index (χ1n) is 10.0. The van der Waals surface area contributed by atoms with E-state index in [1.165, 1.54) is 22.7 Å². The minimum absolute atomic E-state index is 0.000960. The van der Waals surface area contributed by atoms with Crippen molar-refractivity contribution in [2.45, 2.75) is 25.8 Å². The molecule has 30 heavy (non-hydrogen) atoms. The topological polar surface area (TPSA) is 84.0 Å². The fourth-order valence-corrected chi connectivity index (χ4v) is 6.84. The van der Waals surface area contributed by atoms with Gasteiger partial charge in [0.05, 0.1) is 6.20 Å². The van der Waals surface area contributed by atoms with Crippen molar-refractivity contribution in [2.24, 2.45) is 11.8 Å². The highest BCUT2D eigenvalue weighted by molar-refractivity contribution is 7.19. The maximum absolute atomic E-state index is 12.9. The van der Waals surface area contributed by atoms with E-state index < -0.39 is 0 Å². The third kappa shape index (κ3) is 2.78. The molecule has 4 aromatic rings. The summed E-state index contributed by atoms with van der Waals surface area (Å²) < 4.78 is 3.85. The molecule has 2 atom stereocenters. The zero-order chi connectivity index (χ0) is 20.4. The average molecular weight is 441 g/mol. The lowest BCUT2D eigenvalue weighted by molar-refractivity contribution is 0.0779. The van der Waals surface area contributed by atoms with Gasteiger partial charge in [-0.2, -0.15) is 0 Å². The number of fused-ring (bicyclic) bond motifs is 3. The van der Waals surface area contributed by atoms with E-state index in [2.05, 4.69) is 15.3 Å². The lowest BCUT2D eigenvalue weighted by atomic mass is 10.0. The molecule has 10 heteroatoms. The van der Waals surface area contributed by atoms with E-state index in [1.807, 2.05) is 33.0 Å². The first-order chi connectivity index (χ1) is 14.6. The third-order valence-electron chi connectivity index (χ3n) is 6.38. The number of thiazole rings is 2. The Kier molecular flexibility index (Phi) is 4.00. The number of rotatable bonds is 3. The first-order valence-corrected chi connectivity index (χ1v) is 11.6. The molecule has 1 saturated heterocycles. The lowest BCUT2D eigenvalue weighted by Gasteiger charge is -2.19. The van der Waals surface area contributed by atoms with Crippen LogP contribution in [0.5, 0.6) is 0 Å². The maximum atomic E-state index is 12.9. The Morgan fingerprint density at radius 3 is 2.73 bits per heavy atom. The molecular formula is C20H20N6O2S2. The van der Waals surface area contributed by atoms with Gasteiger partial charge in [-0.15, -0.1) is 11.3 Å². The van der Waals surface area contributed by atoms with Crippen molar-refractivity contribution >= 4 is 44.3 Å². The van der Waals surface area contributed by atoms with Gasteiger partial charge >= 0.3 is 0 Å². The van der Waals surface area contributed by atoms with Gasteiger partial charge in [-0.3, -0.25) is 18.4 Å². The van der Waals surface area contributed by atoms with Gasteiger partial charge < -0.3 is 10.2 Å². The second-order valence-electron chi connectivity index (χ2n) is 8.20. The van der Waals surface area contributed by atoms with Gasteiger partial charge in [0, 0.05) is 43.4 Å². The Balaban J connectivity index is 1.10. The molecule has 0 spiro atoms. The van der Waals surface area contributed by atoms with Crippen LogP contribution in [0.25, 0.3) is 9.79 Å². The van der Waals surface area contributed by atoms with E-state index in [-0.39, 0.29) is 17.9 Å². The first kappa shape index (κ1) is 18.1. The van der Waals surface area contributed by atoms with Crippen LogP contribution in [0.2, 0.25) is 0 Å². The molecule has 8 nitrogen and oxygen atoms in total. The molecule has 0 bridgehead atoms. The average Bonchev–Trinajstić information content (AvgIpc) is 3.50. The molecule has 2 unspecified atom stereocenters. The third-order valence-corrected chi connectivity index (χ3v) is 8.58. The Morgan fingerprint density at radius 1 is 1.20 bits per heavy atom. The molecule has 1 saturated carbocycles. The van der Waals surface area contributed by atoms with Crippen molar-refractivity contribution in [1.82, 2.24) is 29.0 Å². The van der Waals surface area contributed by atoms with Crippen LogP contribution in [0, 0.1) is 18.8 Å². The molecule has 2 amide bonds. The summed E-state index contributed by atoms with van der Waals surface area (Å²) >= 11 is 2.91. The fraction of sp³-hybridized carbons (Fsp3) is 0.400. The summed E-state index contributed by atoms with van der Waals surface area (Å²) in [7, 11) is 0. The normalized spacial score (nSPS) is 23.5. The van der Waals surface area contributed by atoms with Crippen LogP contribution >= 0.6 is 22.7 Å². The monoisotopic (exact) mass is 440 g/mol. The summed E-state index contributed by atoms with van der Waals surface area (Å²) in [5.74, 6) is 1.00. The van der Waals surface area contributed by atoms with Crippen molar-refractivity contribution in [3.63, 3.8) is 0 Å². The van der Waals surface area contributed by atoms with Gasteiger partial charge in [0.15, 0.2) is 4.96 Å². The van der Waals surface area contributed by atoms with Gasteiger partial charge in [-0.1, -0.05) is 11.3 Å². The molecule has 5 heterocycles. The van der Waals surface area contributed by atoms with Crippen molar-refractivity contribution in [2.75, 3.05) is 13.1 Å². The summed E-state index contributed by atoms with van der Waals surface area (Å²) in [6.07, 6.45) is 10.9. The zero-order valence-electron chi connectivity index (χ0n) is 16.3. The highest BCUT2D eigenvalue weighted by Gasteiger charge is 2.43. The number of carbonyl (C=O) groups is 2. The second kappa shape index (κ2) is 6.64. The lowest BCUT2D eigenvalue weighted by Crippen LogP contribution is -2.35. The number of imidazole rings is 2. The van der Waals surface area contributed by atoms with E-state index in [0.717, 1.165) is 51.2 Å². The Labute approximate surface area is 180 Å². The molecule has 0 aromatic carbocycles. The van der Waals surface area contributed by atoms with Crippen molar-refractivity contribution < 1.29 is 9.59 Å². The van der Waals surface area contributed by atoms with E-state index >= 15 is 0 Å². The molecule has 2 fully saturated rings. The number of aryl methyl sites for hydroxylation is 1. The minimum Gasteiger partial charge on any atom is -0.349 e. The summed E-state index contributed by atoms with van der Waals surface area (Å²) in [6.45, 7) is 3.49. The number of nitrogens with one attached hydrogen (secondary N) is 1. The second-order valence-corrected chi connectivity index (χ2v) is 10.2. The SMILES string of the molecule is Cc1c(C(=O)NC2CC3CN(C(=O)c4cn5ccnc5s4)CC3C2)sc2cncn12. The van der Waals surface area contributed by atoms with E-state index in [4.69, 9.17) is 0 Å². The van der Waals surface area contributed by atoms with Gasteiger partial charge in [0.2, 0.25) is 0 Å². The van der Waals surface area contributed by atoms with E-state index in [9.17, 15) is 9.59 Å². The molecule has 154 valence electrons. The predicted molar refractivity (Wildman–Crippen MR) is 114 cm³/mol. The van der Waals surface area contributed by atoms with Crippen molar-refractivity contribution in [3.8, 4) is 0 Å². The number of carbonyl (C=O) groups excluding carboxylic acids is 2.